The molecule has 6 heteroatoms. The SMILES string of the molecule is COc1ccccc1C1=NN2[C@@H](C1)c1cc(Br)ccc1OC21CCN(C)CC1. The summed E-state index contributed by atoms with van der Waals surface area (Å²) >= 11 is 3.63. The van der Waals surface area contributed by atoms with Crippen LogP contribution in [0.5, 0.6) is 11.5 Å². The van der Waals surface area contributed by atoms with Crippen molar-refractivity contribution in [2.75, 3.05) is 27.2 Å². The molecule has 3 aliphatic heterocycles. The van der Waals surface area contributed by atoms with Crippen molar-refractivity contribution in [3.05, 3.63) is 58.1 Å². The summed E-state index contributed by atoms with van der Waals surface area (Å²) in [5, 5.41) is 7.38. The first-order valence-electron chi connectivity index (χ1n) is 9.77. The van der Waals surface area contributed by atoms with Gasteiger partial charge in [-0.3, -0.25) is 0 Å². The molecule has 0 unspecified atom stereocenters. The summed E-state index contributed by atoms with van der Waals surface area (Å²) < 4.78 is 13.3. The van der Waals surface area contributed by atoms with Crippen molar-refractivity contribution in [1.82, 2.24) is 9.91 Å². The summed E-state index contributed by atoms with van der Waals surface area (Å²) in [6, 6.07) is 14.7. The van der Waals surface area contributed by atoms with E-state index in [0.717, 1.165) is 59.6 Å². The molecule has 0 saturated carbocycles. The molecule has 0 aromatic heterocycles. The molecule has 1 spiro atoms. The van der Waals surface area contributed by atoms with Crippen LogP contribution in [0.3, 0.4) is 0 Å². The third-order valence-corrected chi connectivity index (χ3v) is 6.64. The van der Waals surface area contributed by atoms with E-state index in [-0.39, 0.29) is 11.8 Å². The second-order valence-electron chi connectivity index (χ2n) is 7.85. The van der Waals surface area contributed by atoms with Crippen molar-refractivity contribution in [3.63, 3.8) is 0 Å². The first kappa shape index (κ1) is 18.0. The van der Waals surface area contributed by atoms with Gasteiger partial charge in [0.15, 0.2) is 0 Å². The molecule has 1 atom stereocenters. The van der Waals surface area contributed by atoms with Gasteiger partial charge in [-0.15, -0.1) is 0 Å². The summed E-state index contributed by atoms with van der Waals surface area (Å²) in [6.07, 6.45) is 2.74. The van der Waals surface area contributed by atoms with Crippen LogP contribution in [-0.4, -0.2) is 48.6 Å². The largest absolute Gasteiger partial charge is 0.496 e. The minimum absolute atomic E-state index is 0.185. The number of likely N-dealkylation sites (tertiary alicyclic amines) is 1. The van der Waals surface area contributed by atoms with E-state index in [1.165, 1.54) is 5.56 Å². The normalized spacial score (nSPS) is 23.0. The number of ether oxygens (including phenoxy) is 2. The van der Waals surface area contributed by atoms with Gasteiger partial charge in [0.05, 0.1) is 18.9 Å². The van der Waals surface area contributed by atoms with E-state index in [0.29, 0.717) is 0 Å². The number of benzene rings is 2. The van der Waals surface area contributed by atoms with Crippen LogP contribution in [0.2, 0.25) is 0 Å². The Labute approximate surface area is 174 Å². The van der Waals surface area contributed by atoms with Gasteiger partial charge in [-0.2, -0.15) is 5.10 Å². The molecular weight excluding hydrogens is 418 g/mol. The van der Waals surface area contributed by atoms with E-state index in [1.807, 2.05) is 18.2 Å². The second kappa shape index (κ2) is 6.78. The van der Waals surface area contributed by atoms with Crippen LogP contribution < -0.4 is 9.47 Å². The molecule has 0 radical (unpaired) electrons. The highest BCUT2D eigenvalue weighted by Crippen LogP contribution is 2.50. The number of hydrogen-bond donors (Lipinski definition) is 0. The van der Waals surface area contributed by atoms with E-state index in [2.05, 4.69) is 57.2 Å². The minimum Gasteiger partial charge on any atom is -0.496 e. The van der Waals surface area contributed by atoms with Gasteiger partial charge in [-0.1, -0.05) is 28.1 Å². The first-order valence-corrected chi connectivity index (χ1v) is 10.6. The number of piperidine rings is 1. The van der Waals surface area contributed by atoms with Gasteiger partial charge in [-0.05, 0) is 37.4 Å². The molecule has 5 rings (SSSR count). The average Bonchev–Trinajstić information content (AvgIpc) is 3.17. The van der Waals surface area contributed by atoms with E-state index in [9.17, 15) is 0 Å². The first-order chi connectivity index (χ1) is 13.6. The van der Waals surface area contributed by atoms with Crippen molar-refractivity contribution in [2.45, 2.75) is 31.0 Å². The maximum absolute atomic E-state index is 6.66. The molecule has 146 valence electrons. The molecule has 0 bridgehead atoms. The van der Waals surface area contributed by atoms with Crippen LogP contribution in [0.25, 0.3) is 0 Å². The zero-order valence-corrected chi connectivity index (χ0v) is 17.8. The Kier molecular flexibility index (Phi) is 4.36. The number of nitrogens with zero attached hydrogens (tertiary/aromatic N) is 3. The predicted molar refractivity (Wildman–Crippen MR) is 113 cm³/mol. The Morgan fingerprint density at radius 3 is 2.75 bits per heavy atom. The predicted octanol–water partition coefficient (Wildman–Crippen LogP) is 4.42. The Morgan fingerprint density at radius 1 is 1.18 bits per heavy atom. The highest BCUT2D eigenvalue weighted by Gasteiger charge is 2.51. The number of halogens is 1. The third kappa shape index (κ3) is 2.81. The van der Waals surface area contributed by atoms with Crippen LogP contribution in [0, 0.1) is 0 Å². The van der Waals surface area contributed by atoms with Crippen molar-refractivity contribution < 1.29 is 9.47 Å². The number of hydrogen-bond acceptors (Lipinski definition) is 5. The molecule has 2 aromatic rings. The second-order valence-corrected chi connectivity index (χ2v) is 8.76. The Balaban J connectivity index is 1.60. The Hall–Kier alpha value is -2.05. The van der Waals surface area contributed by atoms with Gasteiger partial charge in [0.1, 0.15) is 11.5 Å². The highest BCUT2D eigenvalue weighted by atomic mass is 79.9. The zero-order valence-electron chi connectivity index (χ0n) is 16.2. The lowest BCUT2D eigenvalue weighted by atomic mass is 9.91. The summed E-state index contributed by atoms with van der Waals surface area (Å²) in [4.78, 5) is 2.36. The standard InChI is InChI=1S/C22H24BrN3O2/c1-25-11-9-22(10-12-25)26-19(17-13-15(23)7-8-21(17)28-22)14-18(24-26)16-5-3-4-6-20(16)27-2/h3-8,13,19H,9-12,14H2,1-2H3/t19-/m0/s1. The molecule has 0 N–H and O–H groups in total. The van der Waals surface area contributed by atoms with Gasteiger partial charge in [0, 0.05) is 48.0 Å². The number of rotatable bonds is 2. The van der Waals surface area contributed by atoms with Gasteiger partial charge in [-0.25, -0.2) is 5.01 Å². The molecule has 5 nitrogen and oxygen atoms in total. The lowest BCUT2D eigenvalue weighted by molar-refractivity contribution is -0.147. The number of para-hydroxylation sites is 1. The number of methoxy groups -OCH3 is 1. The molecule has 0 aliphatic carbocycles. The quantitative estimate of drug-likeness (QED) is 0.690. The fourth-order valence-corrected chi connectivity index (χ4v) is 4.98. The van der Waals surface area contributed by atoms with E-state index < -0.39 is 0 Å². The number of hydrazone groups is 1. The molecular formula is C22H24BrN3O2. The molecule has 3 heterocycles. The van der Waals surface area contributed by atoms with Crippen molar-refractivity contribution >= 4 is 21.6 Å². The average molecular weight is 442 g/mol. The van der Waals surface area contributed by atoms with Crippen LogP contribution in [-0.2, 0) is 0 Å². The molecule has 2 aromatic carbocycles. The van der Waals surface area contributed by atoms with E-state index in [4.69, 9.17) is 14.6 Å². The number of fused-ring (bicyclic) bond motifs is 4. The van der Waals surface area contributed by atoms with E-state index >= 15 is 0 Å². The topological polar surface area (TPSA) is 37.3 Å². The maximum atomic E-state index is 6.66. The molecule has 1 fully saturated rings. The van der Waals surface area contributed by atoms with Gasteiger partial charge < -0.3 is 14.4 Å². The Morgan fingerprint density at radius 2 is 1.96 bits per heavy atom. The van der Waals surface area contributed by atoms with Crippen molar-refractivity contribution in [2.24, 2.45) is 5.10 Å². The fourth-order valence-electron chi connectivity index (χ4n) is 4.60. The Bertz CT molecular complexity index is 937. The molecule has 0 amide bonds. The summed E-state index contributed by atoms with van der Waals surface area (Å²) in [7, 11) is 3.89. The summed E-state index contributed by atoms with van der Waals surface area (Å²) in [5.41, 5.74) is 2.96. The van der Waals surface area contributed by atoms with E-state index in [1.54, 1.807) is 7.11 Å². The van der Waals surface area contributed by atoms with Crippen molar-refractivity contribution in [1.29, 1.82) is 0 Å². The summed E-state index contributed by atoms with van der Waals surface area (Å²) in [6.45, 7) is 2.02. The zero-order chi connectivity index (χ0) is 19.3. The van der Waals surface area contributed by atoms with Crippen LogP contribution in [0.4, 0.5) is 0 Å². The fraction of sp³-hybridized carbons (Fsp3) is 0.409. The van der Waals surface area contributed by atoms with Crippen LogP contribution in [0.15, 0.2) is 52.0 Å². The van der Waals surface area contributed by atoms with Crippen molar-refractivity contribution in [3.8, 4) is 11.5 Å². The lowest BCUT2D eigenvalue weighted by Gasteiger charge is -2.50. The van der Waals surface area contributed by atoms with Crippen LogP contribution in [0.1, 0.15) is 36.4 Å². The minimum atomic E-state index is -0.373. The monoisotopic (exact) mass is 441 g/mol. The third-order valence-electron chi connectivity index (χ3n) is 6.14. The van der Waals surface area contributed by atoms with Crippen LogP contribution >= 0.6 is 15.9 Å². The van der Waals surface area contributed by atoms with Gasteiger partial charge in [0.25, 0.3) is 0 Å². The lowest BCUT2D eigenvalue weighted by Crippen LogP contribution is -2.58. The highest BCUT2D eigenvalue weighted by molar-refractivity contribution is 9.10. The molecule has 1 saturated heterocycles. The molecule has 3 aliphatic rings. The van der Waals surface area contributed by atoms with Gasteiger partial charge in [0.2, 0.25) is 5.72 Å². The van der Waals surface area contributed by atoms with Gasteiger partial charge >= 0.3 is 0 Å². The molecule has 28 heavy (non-hydrogen) atoms. The summed E-state index contributed by atoms with van der Waals surface area (Å²) in [5.74, 6) is 1.86. The smallest absolute Gasteiger partial charge is 0.200 e. The maximum Gasteiger partial charge on any atom is 0.200 e.